The van der Waals surface area contributed by atoms with Crippen molar-refractivity contribution in [3.63, 3.8) is 0 Å². The number of nitrogens with one attached hydrogen (secondary N) is 1. The van der Waals surface area contributed by atoms with E-state index in [-0.39, 0.29) is 23.7 Å². The first kappa shape index (κ1) is 15.6. The molecule has 0 spiro atoms. The highest BCUT2D eigenvalue weighted by atomic mass is 32.2. The number of carbonyl (C=O) groups is 1. The Morgan fingerprint density at radius 3 is 2.63 bits per heavy atom. The van der Waals surface area contributed by atoms with Gasteiger partial charge in [0, 0.05) is 12.7 Å². The van der Waals surface area contributed by atoms with Crippen molar-refractivity contribution in [2.75, 3.05) is 20.3 Å². The van der Waals surface area contributed by atoms with Crippen molar-refractivity contribution < 1.29 is 22.8 Å². The summed E-state index contributed by atoms with van der Waals surface area (Å²) in [6, 6.07) is 4.08. The average Bonchev–Trinajstić information content (AvgIpc) is 2.34. The topological polar surface area (TPSA) is 108 Å². The summed E-state index contributed by atoms with van der Waals surface area (Å²) in [7, 11) is -2.38. The number of hydrogen-bond donors (Lipinski definition) is 2. The van der Waals surface area contributed by atoms with Gasteiger partial charge in [0.1, 0.15) is 0 Å². The van der Waals surface area contributed by atoms with E-state index >= 15 is 0 Å². The highest BCUT2D eigenvalue weighted by Crippen LogP contribution is 2.15. The van der Waals surface area contributed by atoms with Crippen molar-refractivity contribution in [2.24, 2.45) is 5.73 Å². The van der Waals surface area contributed by atoms with Crippen LogP contribution in [0.15, 0.2) is 23.1 Å². The lowest BCUT2D eigenvalue weighted by molar-refractivity contribution is 0.0438. The molecule has 1 rings (SSSR count). The second-order valence-corrected chi connectivity index (χ2v) is 5.41. The van der Waals surface area contributed by atoms with Gasteiger partial charge in [-0.25, -0.2) is 8.42 Å². The Balaban J connectivity index is 2.89. The third-order valence-corrected chi connectivity index (χ3v) is 3.55. The molecule has 0 heterocycles. The largest absolute Gasteiger partial charge is 0.382 e. The van der Waals surface area contributed by atoms with E-state index < -0.39 is 15.9 Å². The van der Waals surface area contributed by atoms with E-state index in [1.807, 2.05) is 4.89 Å². The first-order valence-corrected chi connectivity index (χ1v) is 6.90. The molecule has 19 heavy (non-hydrogen) atoms. The van der Waals surface area contributed by atoms with Crippen LogP contribution in [0.5, 0.6) is 0 Å². The van der Waals surface area contributed by atoms with Crippen molar-refractivity contribution in [2.45, 2.75) is 11.8 Å². The maximum atomic E-state index is 11.9. The Hall–Kier alpha value is -1.48. The number of hydrogen-bond acceptors (Lipinski definition) is 5. The second kappa shape index (κ2) is 6.62. The Labute approximate surface area is 111 Å². The summed E-state index contributed by atoms with van der Waals surface area (Å²) in [5.41, 5.74) is 5.92. The number of rotatable bonds is 7. The summed E-state index contributed by atoms with van der Waals surface area (Å²) in [6.07, 6.45) is 0. The predicted molar refractivity (Wildman–Crippen MR) is 67.8 cm³/mol. The van der Waals surface area contributed by atoms with Gasteiger partial charge in [0.25, 0.3) is 10.0 Å². The van der Waals surface area contributed by atoms with E-state index in [1.54, 1.807) is 6.92 Å². The molecule has 0 aliphatic carbocycles. The third kappa shape index (κ3) is 4.28. The lowest BCUT2D eigenvalue weighted by Gasteiger charge is -2.09. The van der Waals surface area contributed by atoms with Crippen molar-refractivity contribution in [3.8, 4) is 0 Å². The van der Waals surface area contributed by atoms with Crippen molar-refractivity contribution >= 4 is 15.9 Å². The van der Waals surface area contributed by atoms with Gasteiger partial charge < -0.3 is 10.5 Å². The maximum Gasteiger partial charge on any atom is 0.262 e. The van der Waals surface area contributed by atoms with E-state index in [2.05, 4.69) is 0 Å². The molecule has 0 saturated heterocycles. The molecule has 106 valence electrons. The molecule has 7 nitrogen and oxygen atoms in total. The van der Waals surface area contributed by atoms with Gasteiger partial charge in [0.15, 0.2) is 0 Å². The molecule has 0 atom stereocenters. The van der Waals surface area contributed by atoms with Crippen LogP contribution < -0.4 is 10.6 Å². The fourth-order valence-electron chi connectivity index (χ4n) is 1.33. The smallest absolute Gasteiger partial charge is 0.262 e. The van der Waals surface area contributed by atoms with Gasteiger partial charge in [-0.1, -0.05) is 11.0 Å². The van der Waals surface area contributed by atoms with Gasteiger partial charge in [-0.3, -0.25) is 9.63 Å². The van der Waals surface area contributed by atoms with Gasteiger partial charge in [-0.2, -0.15) is 0 Å². The molecule has 0 aliphatic heterocycles. The van der Waals surface area contributed by atoms with E-state index in [0.717, 1.165) is 0 Å². The first-order chi connectivity index (χ1) is 8.88. The molecule has 8 heteroatoms. The molecule has 1 amide bonds. The Morgan fingerprint density at radius 2 is 2.05 bits per heavy atom. The number of amides is 1. The van der Waals surface area contributed by atoms with Gasteiger partial charge in [-0.05, 0) is 24.6 Å². The summed E-state index contributed by atoms with van der Waals surface area (Å²) in [6.45, 7) is 1.99. The van der Waals surface area contributed by atoms with Crippen LogP contribution in [0, 0.1) is 6.92 Å². The lowest BCUT2D eigenvalue weighted by Crippen LogP contribution is -2.26. The van der Waals surface area contributed by atoms with Gasteiger partial charge in [-0.15, -0.1) is 0 Å². The zero-order chi connectivity index (χ0) is 14.5. The lowest BCUT2D eigenvalue weighted by atomic mass is 10.1. The maximum absolute atomic E-state index is 11.9. The summed E-state index contributed by atoms with van der Waals surface area (Å²) in [4.78, 5) is 17.7. The molecular formula is C11H16N2O5S. The molecule has 0 aliphatic rings. The van der Waals surface area contributed by atoms with Crippen LogP contribution in [0.4, 0.5) is 0 Å². The van der Waals surface area contributed by atoms with Crippen LogP contribution in [-0.2, 0) is 19.6 Å². The minimum atomic E-state index is -3.85. The van der Waals surface area contributed by atoms with Crippen LogP contribution >= 0.6 is 0 Å². The summed E-state index contributed by atoms with van der Waals surface area (Å²) in [5.74, 6) is -0.685. The van der Waals surface area contributed by atoms with Crippen LogP contribution in [0.2, 0.25) is 0 Å². The van der Waals surface area contributed by atoms with Crippen molar-refractivity contribution in [3.05, 3.63) is 29.3 Å². The van der Waals surface area contributed by atoms with Gasteiger partial charge >= 0.3 is 0 Å². The van der Waals surface area contributed by atoms with Crippen molar-refractivity contribution in [1.29, 1.82) is 0 Å². The molecule has 0 aromatic heterocycles. The fourth-order valence-corrected chi connectivity index (χ4v) is 2.18. The predicted octanol–water partition coefficient (Wildman–Crippen LogP) is -0.0498. The van der Waals surface area contributed by atoms with E-state index in [4.69, 9.17) is 15.3 Å². The van der Waals surface area contributed by atoms with Crippen molar-refractivity contribution in [1.82, 2.24) is 4.89 Å². The number of aryl methyl sites for hydroxylation is 1. The van der Waals surface area contributed by atoms with E-state index in [0.29, 0.717) is 5.56 Å². The number of ether oxygens (including phenoxy) is 1. The number of methoxy groups -OCH3 is 1. The molecule has 0 saturated carbocycles. The SMILES string of the molecule is COCCONS(=O)(=O)c1ccc(C)c(C(N)=O)c1. The summed E-state index contributed by atoms with van der Waals surface area (Å²) < 4.78 is 28.4. The van der Waals surface area contributed by atoms with E-state index in [1.165, 1.54) is 25.3 Å². The highest BCUT2D eigenvalue weighted by Gasteiger charge is 2.17. The number of sulfonamides is 1. The third-order valence-electron chi connectivity index (χ3n) is 2.34. The summed E-state index contributed by atoms with van der Waals surface area (Å²) in [5, 5.41) is 0. The normalized spacial score (nSPS) is 11.5. The zero-order valence-corrected chi connectivity index (χ0v) is 11.5. The minimum Gasteiger partial charge on any atom is -0.382 e. The highest BCUT2D eigenvalue weighted by molar-refractivity contribution is 7.89. The van der Waals surface area contributed by atoms with Crippen LogP contribution in [0.3, 0.4) is 0 Å². The zero-order valence-electron chi connectivity index (χ0n) is 10.7. The summed E-state index contributed by atoms with van der Waals surface area (Å²) >= 11 is 0. The molecule has 0 fully saturated rings. The minimum absolute atomic E-state index is 0.0737. The average molecular weight is 288 g/mol. The Morgan fingerprint density at radius 1 is 1.37 bits per heavy atom. The van der Waals surface area contributed by atoms with E-state index in [9.17, 15) is 13.2 Å². The van der Waals surface area contributed by atoms with Gasteiger partial charge in [0.2, 0.25) is 5.91 Å². The molecular weight excluding hydrogens is 272 g/mol. The quantitative estimate of drug-likeness (QED) is 0.540. The van der Waals surface area contributed by atoms with Crippen LogP contribution in [0.1, 0.15) is 15.9 Å². The molecule has 3 N–H and O–H groups in total. The van der Waals surface area contributed by atoms with Gasteiger partial charge in [0.05, 0.1) is 18.1 Å². The standard InChI is InChI=1S/C11H16N2O5S/c1-8-3-4-9(7-10(8)11(12)14)19(15,16)13-18-6-5-17-2/h3-4,7,13H,5-6H2,1-2H3,(H2,12,14). The first-order valence-electron chi connectivity index (χ1n) is 5.41. The number of nitrogens with two attached hydrogens (primary N) is 1. The molecule has 1 aromatic carbocycles. The Bertz CT molecular complexity index is 556. The Kier molecular flexibility index (Phi) is 5.43. The molecule has 0 unspecified atom stereocenters. The fraction of sp³-hybridized carbons (Fsp3) is 0.364. The molecule has 0 radical (unpaired) electrons. The number of primary amides is 1. The number of benzene rings is 1. The van der Waals surface area contributed by atoms with Crippen LogP contribution in [-0.4, -0.2) is 34.6 Å². The van der Waals surface area contributed by atoms with Crippen LogP contribution in [0.25, 0.3) is 0 Å². The molecule has 1 aromatic rings. The second-order valence-electron chi connectivity index (χ2n) is 3.77. The molecule has 0 bridgehead atoms. The number of carbonyl (C=O) groups excluding carboxylic acids is 1. The monoisotopic (exact) mass is 288 g/mol.